The molecular weight excluding hydrogens is 288 g/mol. The number of hydrogen-bond acceptors (Lipinski definition) is 3. The molecule has 0 spiro atoms. The molecule has 2 heterocycles. The Labute approximate surface area is 129 Å². The van der Waals surface area contributed by atoms with Gasteiger partial charge in [0, 0.05) is 30.9 Å². The van der Waals surface area contributed by atoms with Gasteiger partial charge in [0.2, 0.25) is 0 Å². The highest BCUT2D eigenvalue weighted by Gasteiger charge is 2.26. The van der Waals surface area contributed by atoms with Gasteiger partial charge in [-0.05, 0) is 37.1 Å². The van der Waals surface area contributed by atoms with Crippen molar-refractivity contribution in [3.05, 3.63) is 22.4 Å². The first-order valence-electron chi connectivity index (χ1n) is 7.38. The second kappa shape index (κ2) is 7.45. The molecule has 1 aliphatic heterocycles. The zero-order valence-corrected chi connectivity index (χ0v) is 13.1. The fraction of sp³-hybridized carbons (Fsp3) is 0.600. The summed E-state index contributed by atoms with van der Waals surface area (Å²) in [5.41, 5.74) is 0. The van der Waals surface area contributed by atoms with E-state index in [1.807, 2.05) is 34.2 Å². The lowest BCUT2D eigenvalue weighted by Crippen LogP contribution is -2.46. The Balaban J connectivity index is 1.86. The molecule has 21 heavy (non-hydrogen) atoms. The minimum absolute atomic E-state index is 0.0691. The summed E-state index contributed by atoms with van der Waals surface area (Å²) < 4.78 is 0. The molecule has 1 fully saturated rings. The van der Waals surface area contributed by atoms with Gasteiger partial charge in [0.15, 0.2) is 0 Å². The zero-order chi connectivity index (χ0) is 15.2. The number of aliphatic carboxylic acids is 1. The van der Waals surface area contributed by atoms with Gasteiger partial charge in [-0.1, -0.05) is 6.07 Å². The van der Waals surface area contributed by atoms with Crippen molar-refractivity contribution in [2.75, 3.05) is 19.6 Å². The Morgan fingerprint density at radius 3 is 2.67 bits per heavy atom. The van der Waals surface area contributed by atoms with Gasteiger partial charge in [0.05, 0.1) is 6.54 Å². The molecule has 0 radical (unpaired) electrons. The number of thiophene rings is 1. The highest BCUT2D eigenvalue weighted by Crippen LogP contribution is 2.22. The summed E-state index contributed by atoms with van der Waals surface area (Å²) in [6, 6.07) is 4.11. The monoisotopic (exact) mass is 310 g/mol. The molecule has 1 N–H and O–H groups in total. The Hall–Kier alpha value is -1.56. The quantitative estimate of drug-likeness (QED) is 0.909. The number of amides is 2. The first-order valence-corrected chi connectivity index (χ1v) is 8.26. The molecule has 2 amide bonds. The molecule has 1 aromatic heterocycles. The average Bonchev–Trinajstić information content (AvgIpc) is 2.97. The molecule has 0 bridgehead atoms. The maximum absolute atomic E-state index is 12.5. The second-order valence-corrected chi connectivity index (χ2v) is 6.44. The van der Waals surface area contributed by atoms with Crippen LogP contribution in [0.2, 0.25) is 0 Å². The van der Waals surface area contributed by atoms with E-state index in [1.165, 1.54) is 4.88 Å². The van der Waals surface area contributed by atoms with E-state index in [4.69, 9.17) is 5.11 Å². The fourth-order valence-electron chi connectivity index (χ4n) is 2.68. The molecule has 1 aromatic rings. The van der Waals surface area contributed by atoms with Gasteiger partial charge in [-0.15, -0.1) is 11.3 Å². The van der Waals surface area contributed by atoms with Crippen LogP contribution in [0.5, 0.6) is 0 Å². The van der Waals surface area contributed by atoms with E-state index in [1.54, 1.807) is 11.3 Å². The first-order chi connectivity index (χ1) is 10.1. The van der Waals surface area contributed by atoms with Gasteiger partial charge in [0.25, 0.3) is 0 Å². The molecule has 116 valence electrons. The summed E-state index contributed by atoms with van der Waals surface area (Å²) in [7, 11) is 0. The van der Waals surface area contributed by atoms with Gasteiger partial charge < -0.3 is 14.9 Å². The van der Waals surface area contributed by atoms with Crippen LogP contribution in [0, 0.1) is 5.92 Å². The van der Waals surface area contributed by atoms with Crippen LogP contribution in [0.4, 0.5) is 4.79 Å². The van der Waals surface area contributed by atoms with Gasteiger partial charge in [-0.3, -0.25) is 4.79 Å². The summed E-state index contributed by atoms with van der Waals surface area (Å²) >= 11 is 1.66. The Kier molecular flexibility index (Phi) is 5.61. The summed E-state index contributed by atoms with van der Waals surface area (Å²) in [5.74, 6) is -0.536. The van der Waals surface area contributed by atoms with Crippen molar-refractivity contribution in [3.63, 3.8) is 0 Å². The molecule has 1 aliphatic rings. The lowest BCUT2D eigenvalue weighted by Gasteiger charge is -2.35. The highest BCUT2D eigenvalue weighted by molar-refractivity contribution is 7.09. The summed E-state index contributed by atoms with van der Waals surface area (Å²) in [6.07, 6.45) is 1.79. The molecule has 0 saturated carbocycles. The van der Waals surface area contributed by atoms with Crippen LogP contribution in [0.25, 0.3) is 0 Å². The van der Waals surface area contributed by atoms with Crippen LogP contribution in [-0.2, 0) is 11.3 Å². The topological polar surface area (TPSA) is 60.9 Å². The van der Waals surface area contributed by atoms with E-state index in [9.17, 15) is 9.59 Å². The summed E-state index contributed by atoms with van der Waals surface area (Å²) in [5, 5.41) is 10.8. The first kappa shape index (κ1) is 15.8. The number of carbonyl (C=O) groups is 2. The van der Waals surface area contributed by atoms with Crippen LogP contribution >= 0.6 is 11.3 Å². The number of carboxylic acids is 1. The van der Waals surface area contributed by atoms with Crippen molar-refractivity contribution < 1.29 is 14.7 Å². The van der Waals surface area contributed by atoms with Gasteiger partial charge >= 0.3 is 12.0 Å². The van der Waals surface area contributed by atoms with E-state index in [2.05, 4.69) is 0 Å². The lowest BCUT2D eigenvalue weighted by atomic mass is 9.94. The van der Waals surface area contributed by atoms with Gasteiger partial charge in [0.1, 0.15) is 0 Å². The maximum Gasteiger partial charge on any atom is 0.320 e. The van der Waals surface area contributed by atoms with E-state index < -0.39 is 5.97 Å². The van der Waals surface area contributed by atoms with Crippen LogP contribution in [-0.4, -0.2) is 46.5 Å². The van der Waals surface area contributed by atoms with Crippen molar-refractivity contribution in [3.8, 4) is 0 Å². The average molecular weight is 310 g/mol. The van der Waals surface area contributed by atoms with E-state index in [0.717, 1.165) is 12.8 Å². The van der Waals surface area contributed by atoms with Crippen LogP contribution in [0.15, 0.2) is 17.5 Å². The van der Waals surface area contributed by atoms with E-state index in [-0.39, 0.29) is 18.4 Å². The van der Waals surface area contributed by atoms with E-state index >= 15 is 0 Å². The van der Waals surface area contributed by atoms with Crippen molar-refractivity contribution in [2.24, 2.45) is 5.92 Å². The molecule has 0 unspecified atom stereocenters. The molecule has 0 aromatic carbocycles. The number of urea groups is 1. The number of rotatable bonds is 5. The maximum atomic E-state index is 12.5. The molecular formula is C15H22N2O3S. The zero-order valence-electron chi connectivity index (χ0n) is 12.3. The number of carboxylic acid groups (broad SMARTS) is 1. The number of carbonyl (C=O) groups excluding carboxylic acids is 1. The number of nitrogens with zero attached hydrogens (tertiary/aromatic N) is 2. The van der Waals surface area contributed by atoms with Crippen molar-refractivity contribution in [1.82, 2.24) is 9.80 Å². The standard InChI is InChI=1S/C15H22N2O3S/c1-2-16(11-13-4-3-9-21-13)15(20)17-7-5-12(6-8-17)10-14(18)19/h3-4,9,12H,2,5-8,10-11H2,1H3,(H,18,19). The Morgan fingerprint density at radius 1 is 1.43 bits per heavy atom. The predicted molar refractivity (Wildman–Crippen MR) is 82.3 cm³/mol. The number of likely N-dealkylation sites (tertiary alicyclic amines) is 1. The Bertz CT molecular complexity index is 467. The molecule has 2 rings (SSSR count). The summed E-state index contributed by atoms with van der Waals surface area (Å²) in [4.78, 5) is 28.1. The molecule has 5 nitrogen and oxygen atoms in total. The fourth-order valence-corrected chi connectivity index (χ4v) is 3.40. The van der Waals surface area contributed by atoms with Crippen molar-refractivity contribution in [1.29, 1.82) is 0 Å². The summed E-state index contributed by atoms with van der Waals surface area (Å²) in [6.45, 7) is 4.66. The molecule has 0 atom stereocenters. The lowest BCUT2D eigenvalue weighted by molar-refractivity contribution is -0.138. The normalized spacial score (nSPS) is 16.0. The minimum Gasteiger partial charge on any atom is -0.481 e. The molecule has 1 saturated heterocycles. The number of piperidine rings is 1. The third-order valence-electron chi connectivity index (χ3n) is 3.93. The van der Waals surface area contributed by atoms with Gasteiger partial charge in [-0.25, -0.2) is 4.79 Å². The molecule has 6 heteroatoms. The van der Waals surface area contributed by atoms with Crippen molar-refractivity contribution in [2.45, 2.75) is 32.7 Å². The largest absolute Gasteiger partial charge is 0.481 e. The second-order valence-electron chi connectivity index (χ2n) is 5.40. The minimum atomic E-state index is -0.743. The van der Waals surface area contributed by atoms with Crippen LogP contribution < -0.4 is 0 Å². The third kappa shape index (κ3) is 4.46. The van der Waals surface area contributed by atoms with Crippen LogP contribution in [0.3, 0.4) is 0 Å². The SMILES string of the molecule is CCN(Cc1cccs1)C(=O)N1CCC(CC(=O)O)CC1. The van der Waals surface area contributed by atoms with Crippen molar-refractivity contribution >= 4 is 23.3 Å². The number of hydrogen-bond donors (Lipinski definition) is 1. The molecule has 0 aliphatic carbocycles. The third-order valence-corrected chi connectivity index (χ3v) is 4.79. The van der Waals surface area contributed by atoms with Gasteiger partial charge in [-0.2, -0.15) is 0 Å². The van der Waals surface area contributed by atoms with E-state index in [0.29, 0.717) is 26.2 Å². The smallest absolute Gasteiger partial charge is 0.320 e. The predicted octanol–water partition coefficient (Wildman–Crippen LogP) is 2.88. The van der Waals surface area contributed by atoms with Crippen LogP contribution in [0.1, 0.15) is 31.1 Å². The Morgan fingerprint density at radius 2 is 2.14 bits per heavy atom. The highest BCUT2D eigenvalue weighted by atomic mass is 32.1.